The molecule has 1 N–H and O–H groups in total. The lowest BCUT2D eigenvalue weighted by Crippen LogP contribution is -2.58. The number of carbonyl (C=O) groups is 1. The van der Waals surface area contributed by atoms with Gasteiger partial charge in [0.15, 0.2) is 5.69 Å². The number of ether oxygens (including phenoxy) is 1. The van der Waals surface area contributed by atoms with E-state index >= 15 is 0 Å². The Labute approximate surface area is 196 Å². The summed E-state index contributed by atoms with van der Waals surface area (Å²) in [6.45, 7) is 6.22. The van der Waals surface area contributed by atoms with Crippen LogP contribution in [0.15, 0.2) is 17.0 Å². The Hall–Kier alpha value is -2.35. The predicted octanol–water partition coefficient (Wildman–Crippen LogP) is -0.125. The summed E-state index contributed by atoms with van der Waals surface area (Å²) < 4.78 is 49.9. The van der Waals surface area contributed by atoms with Crippen LogP contribution in [0.25, 0.3) is 5.52 Å². The van der Waals surface area contributed by atoms with Gasteiger partial charge in [0.1, 0.15) is 17.5 Å². The van der Waals surface area contributed by atoms with E-state index in [9.17, 15) is 17.6 Å². The van der Waals surface area contributed by atoms with Crippen LogP contribution in [-0.4, -0.2) is 109 Å². The highest BCUT2D eigenvalue weighted by molar-refractivity contribution is 7.89. The van der Waals surface area contributed by atoms with Gasteiger partial charge in [-0.2, -0.15) is 4.52 Å². The molecule has 1 saturated carbocycles. The average molecular weight is 494 g/mol. The number of pyridine rings is 1. The number of sulfonamides is 1. The molecule has 5 heterocycles. The highest BCUT2D eigenvalue weighted by Gasteiger charge is 2.42. The molecule has 2 aromatic rings. The van der Waals surface area contributed by atoms with E-state index in [1.54, 1.807) is 6.07 Å². The van der Waals surface area contributed by atoms with Crippen LogP contribution in [0.2, 0.25) is 0 Å². The largest absolute Gasteiger partial charge is 0.378 e. The Kier molecular flexibility index (Phi) is 5.10. The van der Waals surface area contributed by atoms with Crippen LogP contribution < -0.4 is 9.62 Å². The van der Waals surface area contributed by atoms with Gasteiger partial charge in [-0.3, -0.25) is 9.69 Å². The molecule has 0 unspecified atom stereocenters. The molecule has 0 spiro atoms. The van der Waals surface area contributed by atoms with E-state index in [-0.39, 0.29) is 29.7 Å². The highest BCUT2D eigenvalue weighted by atomic mass is 32.2. The molecule has 184 valence electrons. The molecule has 1 aliphatic carbocycles. The van der Waals surface area contributed by atoms with Gasteiger partial charge in [0.05, 0.1) is 37.2 Å². The summed E-state index contributed by atoms with van der Waals surface area (Å²) in [7, 11) is -3.84. The molecule has 4 aliphatic rings. The van der Waals surface area contributed by atoms with Crippen LogP contribution in [0.4, 0.5) is 10.2 Å². The molecule has 13 heteroatoms. The minimum Gasteiger partial charge on any atom is -0.378 e. The summed E-state index contributed by atoms with van der Waals surface area (Å²) in [4.78, 5) is 18.8. The molecule has 11 nitrogen and oxygen atoms in total. The number of anilines is 1. The maximum absolute atomic E-state index is 13.4. The molecule has 3 saturated heterocycles. The van der Waals surface area contributed by atoms with Crippen molar-refractivity contribution < 1.29 is 22.3 Å². The highest BCUT2D eigenvalue weighted by Crippen LogP contribution is 2.36. The maximum Gasteiger partial charge on any atom is 0.276 e. The van der Waals surface area contributed by atoms with E-state index in [4.69, 9.17) is 4.74 Å². The Morgan fingerprint density at radius 1 is 1.21 bits per heavy atom. The van der Waals surface area contributed by atoms with E-state index in [0.717, 1.165) is 25.9 Å². The average Bonchev–Trinajstić information content (AvgIpc) is 3.35. The molecule has 1 amide bonds. The molecular weight excluding hydrogens is 465 g/mol. The summed E-state index contributed by atoms with van der Waals surface area (Å²) in [5.74, 6) is 0.111. The topological polar surface area (TPSA) is 112 Å². The Bertz CT molecular complexity index is 1240. The van der Waals surface area contributed by atoms with Crippen LogP contribution >= 0.6 is 0 Å². The Morgan fingerprint density at radius 3 is 2.74 bits per heavy atom. The van der Waals surface area contributed by atoms with Crippen molar-refractivity contribution in [1.82, 2.24) is 29.3 Å². The number of likely N-dealkylation sites (tertiary alicyclic amines) is 1. The number of halogens is 1. The minimum absolute atomic E-state index is 0.00620. The van der Waals surface area contributed by atoms with E-state index < -0.39 is 27.6 Å². The van der Waals surface area contributed by atoms with Crippen LogP contribution in [0.5, 0.6) is 0 Å². The molecule has 2 aromatic heterocycles. The summed E-state index contributed by atoms with van der Waals surface area (Å²) in [6.07, 6.45) is 0.514. The van der Waals surface area contributed by atoms with Crippen molar-refractivity contribution in [3.63, 3.8) is 0 Å². The number of hydrogen-bond acceptors (Lipinski definition) is 8. The quantitative estimate of drug-likeness (QED) is 0.613. The molecule has 0 aromatic carbocycles. The van der Waals surface area contributed by atoms with Gasteiger partial charge in [-0.05, 0) is 25.8 Å². The lowest BCUT2D eigenvalue weighted by Gasteiger charge is -2.44. The fourth-order valence-corrected chi connectivity index (χ4v) is 6.35. The van der Waals surface area contributed by atoms with Gasteiger partial charge in [-0.25, -0.2) is 17.5 Å². The zero-order chi connectivity index (χ0) is 23.7. The Morgan fingerprint density at radius 2 is 2.00 bits per heavy atom. The van der Waals surface area contributed by atoms with Crippen molar-refractivity contribution in [3.8, 4) is 0 Å². The smallest absolute Gasteiger partial charge is 0.276 e. The number of carbonyl (C=O) groups excluding carboxylic acids is 1. The molecule has 6 rings (SSSR count). The number of amides is 1. The van der Waals surface area contributed by atoms with E-state index in [1.165, 1.54) is 15.5 Å². The summed E-state index contributed by atoms with van der Waals surface area (Å²) in [6, 6.07) is 3.23. The van der Waals surface area contributed by atoms with Gasteiger partial charge in [-0.1, -0.05) is 5.21 Å². The monoisotopic (exact) mass is 493 g/mol. The molecule has 3 aliphatic heterocycles. The van der Waals surface area contributed by atoms with Crippen LogP contribution in [0, 0.1) is 0 Å². The van der Waals surface area contributed by atoms with Crippen molar-refractivity contribution in [1.29, 1.82) is 0 Å². The van der Waals surface area contributed by atoms with Gasteiger partial charge in [0.2, 0.25) is 10.0 Å². The number of piperazine rings is 1. The number of rotatable bonds is 5. The second-order valence-electron chi connectivity index (χ2n) is 9.97. The third-order valence-electron chi connectivity index (χ3n) is 7.25. The zero-order valence-corrected chi connectivity index (χ0v) is 19.8. The third kappa shape index (κ3) is 3.84. The number of aromatic nitrogens is 3. The fourth-order valence-electron chi connectivity index (χ4n) is 4.85. The van der Waals surface area contributed by atoms with Crippen LogP contribution in [-0.2, 0) is 14.8 Å². The van der Waals surface area contributed by atoms with Crippen LogP contribution in [0.3, 0.4) is 0 Å². The maximum atomic E-state index is 13.4. The van der Waals surface area contributed by atoms with Gasteiger partial charge in [-0.15, -0.1) is 5.10 Å². The Balaban J connectivity index is 1.42. The van der Waals surface area contributed by atoms with Gasteiger partial charge >= 0.3 is 0 Å². The first kappa shape index (κ1) is 22.1. The van der Waals surface area contributed by atoms with E-state index in [2.05, 4.69) is 24.8 Å². The predicted molar refractivity (Wildman–Crippen MR) is 120 cm³/mol. The number of alkyl halides is 1. The van der Waals surface area contributed by atoms with Crippen molar-refractivity contribution in [2.24, 2.45) is 0 Å². The summed E-state index contributed by atoms with van der Waals surface area (Å²) in [5, 5.41) is 8.31. The van der Waals surface area contributed by atoms with Crippen molar-refractivity contribution in [2.45, 2.75) is 42.4 Å². The normalized spacial score (nSPS) is 25.3. The molecular formula is C21H28FN7O4S. The molecule has 1 atom stereocenters. The lowest BCUT2D eigenvalue weighted by molar-refractivity contribution is -0.0118. The zero-order valence-electron chi connectivity index (χ0n) is 19.0. The van der Waals surface area contributed by atoms with Gasteiger partial charge < -0.3 is 14.5 Å². The number of morpholine rings is 1. The third-order valence-corrected chi connectivity index (χ3v) is 8.87. The van der Waals surface area contributed by atoms with Crippen molar-refractivity contribution in [3.05, 3.63) is 17.8 Å². The second-order valence-corrected chi connectivity index (χ2v) is 11.7. The molecule has 0 radical (unpaired) electrons. The number of nitrogens with zero attached hydrogens (tertiary/aromatic N) is 6. The first-order valence-electron chi connectivity index (χ1n) is 11.7. The second kappa shape index (κ2) is 7.83. The summed E-state index contributed by atoms with van der Waals surface area (Å²) >= 11 is 0. The minimum atomic E-state index is -3.84. The molecule has 34 heavy (non-hydrogen) atoms. The fraction of sp³-hybridized carbons (Fsp3) is 0.667. The molecule has 0 bridgehead atoms. The summed E-state index contributed by atoms with van der Waals surface area (Å²) in [5.41, 5.74) is -0.114. The number of hydrogen-bond donors (Lipinski definition) is 1. The SMILES string of the molecule is CC1(NS(=O)(=O)c2cc(N3CCN4CCOC[C@H]4C3)n3nnc(C(=O)N4CC(F)C4)c3c2)CC1. The molecule has 4 fully saturated rings. The van der Waals surface area contributed by atoms with Crippen molar-refractivity contribution in [2.75, 3.05) is 57.4 Å². The standard InChI is InChI=1S/C21H28FN7O4S/c1-21(2-3-21)24-34(31,32)16-8-17-19(20(30)28-10-14(22)11-28)23-25-29(17)18(9-16)27-5-4-26-6-7-33-13-15(26)12-27/h8-9,14-15,24H,2-7,10-13H2,1H3/t15-/m1/s1. The van der Waals surface area contributed by atoms with Gasteiger partial charge in [0.25, 0.3) is 5.91 Å². The van der Waals surface area contributed by atoms with Gasteiger partial charge in [0, 0.05) is 37.8 Å². The first-order valence-corrected chi connectivity index (χ1v) is 13.1. The lowest BCUT2D eigenvalue weighted by atomic mass is 10.1. The number of nitrogens with one attached hydrogen (secondary N) is 1. The van der Waals surface area contributed by atoms with E-state index in [0.29, 0.717) is 37.6 Å². The number of fused-ring (bicyclic) bond motifs is 2. The van der Waals surface area contributed by atoms with Crippen LogP contribution in [0.1, 0.15) is 30.3 Å². The van der Waals surface area contributed by atoms with E-state index in [1.807, 2.05) is 6.92 Å². The first-order chi connectivity index (χ1) is 16.2. The van der Waals surface area contributed by atoms with Crippen molar-refractivity contribution >= 4 is 27.3 Å².